The van der Waals surface area contributed by atoms with Gasteiger partial charge >= 0.3 is 7.82 Å². The third-order valence-corrected chi connectivity index (χ3v) is 3.29. The molecule has 0 aliphatic rings. The number of nitrogen functional groups attached to an aromatic ring is 1. The molecule has 0 spiro atoms. The number of hydrogen-bond acceptors (Lipinski definition) is 8. The molecule has 138 valence electrons. The Morgan fingerprint density at radius 3 is 2.58 bits per heavy atom. The first-order valence-corrected chi connectivity index (χ1v) is 8.78. The van der Waals surface area contributed by atoms with Gasteiger partial charge in [0, 0.05) is 0 Å². The van der Waals surface area contributed by atoms with Gasteiger partial charge in [-0.2, -0.15) is 0 Å². The largest absolute Gasteiger partial charge is 0.524 e. The zero-order valence-electron chi connectivity index (χ0n) is 13.7. The third kappa shape index (κ3) is 5.90. The summed E-state index contributed by atoms with van der Waals surface area (Å²) in [7, 11) is -3.09. The van der Waals surface area contributed by atoms with E-state index in [0.29, 0.717) is 0 Å². The summed E-state index contributed by atoms with van der Waals surface area (Å²) in [4.78, 5) is 33.3. The SMILES string of the molecule is CNCC(=O)Nc1ccc(/N=N/c2ccccc2OP(=O)(O)O)c(N)n1. The monoisotopic (exact) mass is 380 g/mol. The van der Waals surface area contributed by atoms with E-state index in [-0.39, 0.29) is 41.2 Å². The average molecular weight is 380 g/mol. The van der Waals surface area contributed by atoms with Crippen LogP contribution in [0.4, 0.5) is 23.0 Å². The molecule has 1 heterocycles. The second kappa shape index (κ2) is 8.50. The topological polar surface area (TPSA) is 172 Å². The number of aromatic nitrogens is 1. The molecule has 0 aliphatic carbocycles. The van der Waals surface area contributed by atoms with Crippen molar-refractivity contribution < 1.29 is 23.7 Å². The lowest BCUT2D eigenvalue weighted by molar-refractivity contribution is -0.115. The first-order chi connectivity index (χ1) is 12.3. The van der Waals surface area contributed by atoms with Crippen LogP contribution in [0.15, 0.2) is 46.6 Å². The summed E-state index contributed by atoms with van der Waals surface area (Å²) < 4.78 is 15.5. The molecular weight excluding hydrogens is 363 g/mol. The van der Waals surface area contributed by atoms with Crippen LogP contribution in [0, 0.1) is 0 Å². The van der Waals surface area contributed by atoms with Crippen molar-refractivity contribution in [2.75, 3.05) is 24.6 Å². The standard InChI is InChI=1S/C14H17N6O5P/c1-16-8-13(21)17-12-7-6-10(14(15)18-12)20-19-9-4-2-3-5-11(9)25-26(22,23)24/h2-7,16H,8H2,1H3,(H2,22,23,24)(H3,15,17,18,21)/b20-19+. The highest BCUT2D eigenvalue weighted by Gasteiger charge is 2.18. The van der Waals surface area contributed by atoms with Crippen LogP contribution >= 0.6 is 7.82 Å². The molecule has 26 heavy (non-hydrogen) atoms. The molecule has 1 aromatic heterocycles. The normalized spacial score (nSPS) is 11.5. The van der Waals surface area contributed by atoms with Crippen LogP contribution in [-0.4, -0.2) is 34.3 Å². The summed E-state index contributed by atoms with van der Waals surface area (Å²) in [5.41, 5.74) is 6.10. The third-order valence-electron chi connectivity index (χ3n) is 2.86. The van der Waals surface area contributed by atoms with Gasteiger partial charge in [0.2, 0.25) is 5.91 Å². The molecule has 6 N–H and O–H groups in total. The Morgan fingerprint density at radius 1 is 1.23 bits per heavy atom. The van der Waals surface area contributed by atoms with E-state index >= 15 is 0 Å². The van der Waals surface area contributed by atoms with Gasteiger partial charge in [0.05, 0.1) is 6.54 Å². The quantitative estimate of drug-likeness (QED) is 0.357. The zero-order valence-corrected chi connectivity index (χ0v) is 14.6. The number of hydrogen-bond donors (Lipinski definition) is 5. The van der Waals surface area contributed by atoms with Crippen molar-refractivity contribution in [3.63, 3.8) is 0 Å². The minimum Gasteiger partial charge on any atom is -0.402 e. The van der Waals surface area contributed by atoms with Gasteiger partial charge in [0.15, 0.2) is 11.6 Å². The molecule has 0 aliphatic heterocycles. The number of phosphoric ester groups is 1. The maximum Gasteiger partial charge on any atom is 0.524 e. The molecule has 11 nitrogen and oxygen atoms in total. The first-order valence-electron chi connectivity index (χ1n) is 7.25. The van der Waals surface area contributed by atoms with Crippen LogP contribution in [0.5, 0.6) is 5.75 Å². The minimum atomic E-state index is -4.73. The maximum atomic E-state index is 11.5. The number of pyridine rings is 1. The predicted octanol–water partition coefficient (Wildman–Crippen LogP) is 1.71. The number of nitrogens with zero attached hydrogens (tertiary/aromatic N) is 3. The molecule has 2 aromatic rings. The summed E-state index contributed by atoms with van der Waals surface area (Å²) in [5, 5.41) is 13.0. The van der Waals surface area contributed by atoms with Crippen molar-refractivity contribution in [1.82, 2.24) is 10.3 Å². The van der Waals surface area contributed by atoms with Gasteiger partial charge < -0.3 is 20.9 Å². The number of amides is 1. The van der Waals surface area contributed by atoms with Crippen molar-refractivity contribution in [3.8, 4) is 5.75 Å². The summed E-state index contributed by atoms with van der Waals surface area (Å²) in [6.45, 7) is 0.124. The molecule has 0 saturated carbocycles. The number of nitrogens with one attached hydrogen (secondary N) is 2. The van der Waals surface area contributed by atoms with Crippen molar-refractivity contribution in [2.45, 2.75) is 0 Å². The van der Waals surface area contributed by atoms with Crippen LogP contribution in [0.2, 0.25) is 0 Å². The Labute approximate surface area is 148 Å². The Kier molecular flexibility index (Phi) is 6.36. The molecule has 1 aromatic carbocycles. The second-order valence-electron chi connectivity index (χ2n) is 4.93. The number of para-hydroxylation sites is 1. The van der Waals surface area contributed by atoms with E-state index in [1.54, 1.807) is 13.1 Å². The predicted molar refractivity (Wildman–Crippen MR) is 94.5 cm³/mol. The Bertz CT molecular complexity index is 869. The van der Waals surface area contributed by atoms with Gasteiger partial charge in [-0.05, 0) is 31.3 Å². The number of carbonyl (C=O) groups excluding carboxylic acids is 1. The van der Waals surface area contributed by atoms with Gasteiger partial charge in [-0.25, -0.2) is 9.55 Å². The number of benzene rings is 1. The fraction of sp³-hybridized carbons (Fsp3) is 0.143. The maximum absolute atomic E-state index is 11.5. The van der Waals surface area contributed by atoms with Crippen molar-refractivity contribution >= 4 is 36.7 Å². The average Bonchev–Trinajstić information content (AvgIpc) is 2.54. The molecule has 0 saturated heterocycles. The van der Waals surface area contributed by atoms with Crippen LogP contribution in [0.25, 0.3) is 0 Å². The van der Waals surface area contributed by atoms with Crippen molar-refractivity contribution in [3.05, 3.63) is 36.4 Å². The van der Waals surface area contributed by atoms with E-state index in [4.69, 9.17) is 15.5 Å². The Balaban J connectivity index is 2.19. The van der Waals surface area contributed by atoms with E-state index in [0.717, 1.165) is 0 Å². The van der Waals surface area contributed by atoms with Crippen molar-refractivity contribution in [1.29, 1.82) is 0 Å². The van der Waals surface area contributed by atoms with Gasteiger partial charge in [0.25, 0.3) is 0 Å². The highest BCUT2D eigenvalue weighted by molar-refractivity contribution is 7.46. The fourth-order valence-corrected chi connectivity index (χ4v) is 2.23. The molecule has 0 unspecified atom stereocenters. The highest BCUT2D eigenvalue weighted by Crippen LogP contribution is 2.42. The van der Waals surface area contributed by atoms with Gasteiger partial charge in [-0.15, -0.1) is 10.2 Å². The summed E-state index contributed by atoms with van der Waals surface area (Å²) >= 11 is 0. The molecule has 0 atom stereocenters. The zero-order chi connectivity index (χ0) is 19.2. The van der Waals surface area contributed by atoms with Gasteiger partial charge in [-0.1, -0.05) is 12.1 Å². The number of likely N-dealkylation sites (N-methyl/N-ethyl adjacent to an activating group) is 1. The minimum absolute atomic E-state index is 0.0180. The van der Waals surface area contributed by atoms with Gasteiger partial charge in [-0.3, -0.25) is 14.6 Å². The number of azo groups is 1. The summed E-state index contributed by atoms with van der Waals surface area (Å²) in [5.74, 6) is -0.138. The van der Waals surface area contributed by atoms with Crippen molar-refractivity contribution in [2.24, 2.45) is 10.2 Å². The molecular formula is C14H17N6O5P. The molecule has 0 radical (unpaired) electrons. The number of anilines is 2. The van der Waals surface area contributed by atoms with Crippen LogP contribution < -0.4 is 20.9 Å². The summed E-state index contributed by atoms with van der Waals surface area (Å²) in [6.07, 6.45) is 0. The number of rotatable bonds is 7. The van der Waals surface area contributed by atoms with Gasteiger partial charge in [0.1, 0.15) is 17.2 Å². The highest BCUT2D eigenvalue weighted by atomic mass is 31.2. The molecule has 2 rings (SSSR count). The van der Waals surface area contributed by atoms with Crippen LogP contribution in [0.1, 0.15) is 0 Å². The lowest BCUT2D eigenvalue weighted by Crippen LogP contribution is -2.25. The van der Waals surface area contributed by atoms with Crippen LogP contribution in [0.3, 0.4) is 0 Å². The Morgan fingerprint density at radius 2 is 1.92 bits per heavy atom. The number of phosphoric acid groups is 1. The second-order valence-corrected chi connectivity index (χ2v) is 6.09. The fourth-order valence-electron chi connectivity index (χ4n) is 1.82. The Hall–Kier alpha value is -2.85. The molecule has 0 bridgehead atoms. The molecule has 12 heteroatoms. The van der Waals surface area contributed by atoms with E-state index in [1.807, 2.05) is 0 Å². The first kappa shape index (κ1) is 19.5. The van der Waals surface area contributed by atoms with E-state index in [1.165, 1.54) is 30.3 Å². The van der Waals surface area contributed by atoms with Crippen LogP contribution in [-0.2, 0) is 9.36 Å². The number of carbonyl (C=O) groups is 1. The van der Waals surface area contributed by atoms with E-state index in [9.17, 15) is 9.36 Å². The smallest absolute Gasteiger partial charge is 0.402 e. The number of nitrogens with two attached hydrogens (primary N) is 1. The lowest BCUT2D eigenvalue weighted by Gasteiger charge is -2.08. The lowest BCUT2D eigenvalue weighted by atomic mass is 10.3. The van der Waals surface area contributed by atoms with E-state index in [2.05, 4.69) is 30.4 Å². The van der Waals surface area contributed by atoms with E-state index < -0.39 is 7.82 Å². The molecule has 0 fully saturated rings. The molecule has 1 amide bonds. The summed E-state index contributed by atoms with van der Waals surface area (Å²) in [6, 6.07) is 8.93.